The number of imidazole rings is 2. The first kappa shape index (κ1) is 16.2. The molecule has 0 fully saturated rings. The van der Waals surface area contributed by atoms with Gasteiger partial charge in [0.15, 0.2) is 5.82 Å². The highest BCUT2D eigenvalue weighted by molar-refractivity contribution is 5.59. The third-order valence-electron chi connectivity index (χ3n) is 4.30. The van der Waals surface area contributed by atoms with Gasteiger partial charge in [-0.25, -0.2) is 15.0 Å². The second kappa shape index (κ2) is 6.92. The van der Waals surface area contributed by atoms with Crippen LogP contribution in [-0.4, -0.2) is 24.1 Å². The van der Waals surface area contributed by atoms with E-state index in [1.54, 1.807) is 18.3 Å². The fourth-order valence-corrected chi connectivity index (χ4v) is 3.09. The maximum atomic E-state index is 13.5. The molecular formula is C20H18FN5. The van der Waals surface area contributed by atoms with Crippen LogP contribution in [-0.2, 0) is 13.1 Å². The Morgan fingerprint density at radius 2 is 1.85 bits per heavy atom. The van der Waals surface area contributed by atoms with Crippen molar-refractivity contribution in [1.29, 1.82) is 0 Å². The molecule has 0 unspecified atom stereocenters. The van der Waals surface area contributed by atoms with E-state index in [0.717, 1.165) is 23.6 Å². The second-order valence-electron chi connectivity index (χ2n) is 5.89. The number of pyridine rings is 1. The summed E-state index contributed by atoms with van der Waals surface area (Å²) < 4.78 is 17.6. The zero-order valence-electron chi connectivity index (χ0n) is 14.4. The minimum absolute atomic E-state index is 0.507. The number of aromatic nitrogens is 5. The number of hydrogen-bond donors (Lipinski definition) is 0. The monoisotopic (exact) mass is 347 g/mol. The fraction of sp³-hybridized carbons (Fsp3) is 0.150. The molecule has 3 heterocycles. The number of benzene rings is 1. The smallest absolute Gasteiger partial charge is 0.213 e. The van der Waals surface area contributed by atoms with Crippen LogP contribution in [0.3, 0.4) is 0 Å². The minimum Gasteiger partial charge on any atom is -0.327 e. The third kappa shape index (κ3) is 3.01. The van der Waals surface area contributed by atoms with Crippen LogP contribution < -0.4 is 0 Å². The van der Waals surface area contributed by atoms with E-state index in [4.69, 9.17) is 0 Å². The third-order valence-corrected chi connectivity index (χ3v) is 4.30. The first-order valence-corrected chi connectivity index (χ1v) is 8.50. The van der Waals surface area contributed by atoms with Gasteiger partial charge in [0, 0.05) is 18.9 Å². The van der Waals surface area contributed by atoms with Crippen molar-refractivity contribution in [3.63, 3.8) is 0 Å². The molecule has 0 radical (unpaired) electrons. The van der Waals surface area contributed by atoms with E-state index in [2.05, 4.69) is 38.6 Å². The van der Waals surface area contributed by atoms with Crippen LogP contribution in [0.4, 0.5) is 4.39 Å². The van der Waals surface area contributed by atoms with Crippen LogP contribution in [0, 0.1) is 5.95 Å². The van der Waals surface area contributed by atoms with Crippen LogP contribution in [0.1, 0.15) is 12.7 Å². The van der Waals surface area contributed by atoms with Crippen LogP contribution in [0.5, 0.6) is 0 Å². The number of halogens is 1. The number of rotatable bonds is 5. The van der Waals surface area contributed by atoms with Crippen molar-refractivity contribution in [2.75, 3.05) is 0 Å². The summed E-state index contributed by atoms with van der Waals surface area (Å²) in [6, 6.07) is 14.9. The molecule has 0 N–H and O–H groups in total. The van der Waals surface area contributed by atoms with Crippen molar-refractivity contribution in [1.82, 2.24) is 24.1 Å². The molecule has 4 rings (SSSR count). The highest BCUT2D eigenvalue weighted by Crippen LogP contribution is 2.22. The maximum Gasteiger partial charge on any atom is 0.213 e. The van der Waals surface area contributed by atoms with E-state index in [-0.39, 0.29) is 0 Å². The normalized spacial score (nSPS) is 11.0. The minimum atomic E-state index is -0.515. The van der Waals surface area contributed by atoms with Gasteiger partial charge in [0.05, 0.1) is 18.4 Å². The molecule has 0 amide bonds. The molecule has 5 nitrogen and oxygen atoms in total. The summed E-state index contributed by atoms with van der Waals surface area (Å²) in [7, 11) is 0. The average Bonchev–Trinajstić information content (AvgIpc) is 3.29. The lowest BCUT2D eigenvalue weighted by Crippen LogP contribution is -2.10. The van der Waals surface area contributed by atoms with Gasteiger partial charge in [0.2, 0.25) is 5.95 Å². The maximum absolute atomic E-state index is 13.5. The Bertz CT molecular complexity index is 1020. The standard InChI is InChI=1S/C20H18FN5/c1-2-26-17(15-7-4-3-5-8-15)13-23-19(26)14-25-12-11-22-20(25)16-9-6-10-18(21)24-16/h3-13H,2,14H2,1H3. The first-order valence-electron chi connectivity index (χ1n) is 8.50. The van der Waals surface area contributed by atoms with E-state index >= 15 is 0 Å². The van der Waals surface area contributed by atoms with E-state index in [1.165, 1.54) is 6.07 Å². The molecule has 0 atom stereocenters. The molecule has 0 aliphatic heterocycles. The summed E-state index contributed by atoms with van der Waals surface area (Å²) in [5.41, 5.74) is 2.72. The Kier molecular flexibility index (Phi) is 4.31. The Balaban J connectivity index is 1.69. The zero-order chi connectivity index (χ0) is 17.9. The summed E-state index contributed by atoms with van der Waals surface area (Å²) in [4.78, 5) is 12.9. The average molecular weight is 347 g/mol. The topological polar surface area (TPSA) is 48.5 Å². The largest absolute Gasteiger partial charge is 0.327 e. The van der Waals surface area contributed by atoms with Crippen molar-refractivity contribution >= 4 is 0 Å². The zero-order valence-corrected chi connectivity index (χ0v) is 14.4. The molecule has 3 aromatic heterocycles. The van der Waals surface area contributed by atoms with Crippen LogP contribution in [0.2, 0.25) is 0 Å². The predicted molar refractivity (Wildman–Crippen MR) is 97.9 cm³/mol. The molecule has 0 saturated carbocycles. The van der Waals surface area contributed by atoms with Crippen molar-refractivity contribution < 1.29 is 4.39 Å². The SMILES string of the molecule is CCn1c(-c2ccccc2)cnc1Cn1ccnc1-c1cccc(F)n1. The summed E-state index contributed by atoms with van der Waals surface area (Å²) in [5.74, 6) is 1.02. The predicted octanol–water partition coefficient (Wildman–Crippen LogP) is 4.02. The summed E-state index contributed by atoms with van der Waals surface area (Å²) >= 11 is 0. The van der Waals surface area contributed by atoms with Crippen LogP contribution in [0.25, 0.3) is 22.8 Å². The number of nitrogens with zero attached hydrogens (tertiary/aromatic N) is 5. The van der Waals surface area contributed by atoms with Gasteiger partial charge in [-0.1, -0.05) is 36.4 Å². The molecule has 0 bridgehead atoms. The van der Waals surface area contributed by atoms with E-state index in [1.807, 2.05) is 35.2 Å². The highest BCUT2D eigenvalue weighted by atomic mass is 19.1. The molecule has 0 aliphatic rings. The van der Waals surface area contributed by atoms with Gasteiger partial charge in [-0.2, -0.15) is 4.39 Å². The molecular weight excluding hydrogens is 329 g/mol. The quantitative estimate of drug-likeness (QED) is 0.512. The fourth-order valence-electron chi connectivity index (χ4n) is 3.09. The Morgan fingerprint density at radius 1 is 1.00 bits per heavy atom. The Morgan fingerprint density at radius 3 is 2.62 bits per heavy atom. The Hall–Kier alpha value is -3.28. The molecule has 0 aliphatic carbocycles. The molecule has 0 spiro atoms. The van der Waals surface area contributed by atoms with Gasteiger partial charge in [-0.3, -0.25) is 0 Å². The summed E-state index contributed by atoms with van der Waals surface area (Å²) in [5, 5.41) is 0. The van der Waals surface area contributed by atoms with Crippen molar-refractivity contribution in [3.8, 4) is 22.8 Å². The van der Waals surface area contributed by atoms with Gasteiger partial charge in [0.1, 0.15) is 11.5 Å². The van der Waals surface area contributed by atoms with Gasteiger partial charge in [0.25, 0.3) is 0 Å². The van der Waals surface area contributed by atoms with Crippen molar-refractivity contribution in [2.24, 2.45) is 0 Å². The summed E-state index contributed by atoms with van der Waals surface area (Å²) in [6.45, 7) is 3.44. The molecule has 1 aromatic carbocycles. The van der Waals surface area contributed by atoms with E-state index in [9.17, 15) is 4.39 Å². The lowest BCUT2D eigenvalue weighted by molar-refractivity contribution is 0.584. The summed E-state index contributed by atoms with van der Waals surface area (Å²) in [6.07, 6.45) is 5.45. The van der Waals surface area contributed by atoms with Crippen molar-refractivity contribution in [3.05, 3.63) is 78.9 Å². The second-order valence-corrected chi connectivity index (χ2v) is 5.89. The van der Waals surface area contributed by atoms with Crippen LogP contribution >= 0.6 is 0 Å². The molecule has 26 heavy (non-hydrogen) atoms. The lowest BCUT2D eigenvalue weighted by atomic mass is 10.2. The molecule has 0 saturated heterocycles. The van der Waals surface area contributed by atoms with E-state index < -0.39 is 5.95 Å². The van der Waals surface area contributed by atoms with Crippen molar-refractivity contribution in [2.45, 2.75) is 20.0 Å². The lowest BCUT2D eigenvalue weighted by Gasteiger charge is -2.11. The highest BCUT2D eigenvalue weighted by Gasteiger charge is 2.14. The molecule has 4 aromatic rings. The van der Waals surface area contributed by atoms with Gasteiger partial charge in [-0.05, 0) is 24.6 Å². The Labute approximate surface area is 150 Å². The van der Waals surface area contributed by atoms with Gasteiger partial charge >= 0.3 is 0 Å². The molecule has 130 valence electrons. The first-order chi connectivity index (χ1) is 12.8. The van der Waals surface area contributed by atoms with E-state index in [0.29, 0.717) is 18.1 Å². The number of hydrogen-bond acceptors (Lipinski definition) is 3. The van der Waals surface area contributed by atoms with Gasteiger partial charge < -0.3 is 9.13 Å². The van der Waals surface area contributed by atoms with Gasteiger partial charge in [-0.15, -0.1) is 0 Å². The molecule has 6 heteroatoms. The van der Waals surface area contributed by atoms with Crippen LogP contribution in [0.15, 0.2) is 67.1 Å².